The molecule has 0 saturated carbocycles. The lowest BCUT2D eigenvalue weighted by Crippen LogP contribution is -2.07. The zero-order valence-electron chi connectivity index (χ0n) is 9.82. The Balaban J connectivity index is 2.40. The summed E-state index contributed by atoms with van der Waals surface area (Å²) in [6.45, 7) is 1.57. The van der Waals surface area contributed by atoms with Gasteiger partial charge in [-0.15, -0.1) is 0 Å². The highest BCUT2D eigenvalue weighted by Gasteiger charge is 2.33. The molecule has 3 nitrogen and oxygen atoms in total. The lowest BCUT2D eigenvalue weighted by molar-refractivity contribution is -0.141. The molecule has 1 heterocycles. The second kappa shape index (κ2) is 4.86. The number of aromatic nitrogens is 2. The maximum Gasteiger partial charge on any atom is 0.435 e. The van der Waals surface area contributed by atoms with E-state index in [-0.39, 0.29) is 5.02 Å². The molecule has 0 aliphatic carbocycles. The molecular weight excluding hydrogens is 281 g/mol. The molecule has 0 aliphatic rings. The quantitative estimate of drug-likeness (QED) is 0.918. The molecule has 0 amide bonds. The molecule has 0 spiro atoms. The number of benzene rings is 1. The third kappa shape index (κ3) is 2.90. The first kappa shape index (κ1) is 13.9. The topological polar surface area (TPSA) is 38.0 Å². The van der Waals surface area contributed by atoms with Gasteiger partial charge in [-0.1, -0.05) is 17.7 Å². The number of alkyl halides is 3. The van der Waals surface area contributed by atoms with Gasteiger partial charge in [-0.2, -0.15) is 18.3 Å². The molecule has 2 aromatic rings. The van der Waals surface area contributed by atoms with Crippen molar-refractivity contribution >= 4 is 11.6 Å². The maximum absolute atomic E-state index is 12.4. The third-order valence-corrected chi connectivity index (χ3v) is 2.88. The third-order valence-electron chi connectivity index (χ3n) is 2.58. The summed E-state index contributed by atoms with van der Waals surface area (Å²) < 4.78 is 38.4. The van der Waals surface area contributed by atoms with Gasteiger partial charge in [0.15, 0.2) is 5.69 Å². The van der Waals surface area contributed by atoms with Crippen molar-refractivity contribution < 1.29 is 18.3 Å². The minimum absolute atomic E-state index is 0.218. The molecular formula is C12H10ClF3N2O. The van der Waals surface area contributed by atoms with Crippen LogP contribution in [0.2, 0.25) is 5.02 Å². The number of rotatable bonds is 2. The summed E-state index contributed by atoms with van der Waals surface area (Å²) in [6, 6.07) is 5.47. The first-order valence-corrected chi connectivity index (χ1v) is 5.77. The van der Waals surface area contributed by atoms with Crippen LogP contribution in [0, 0.1) is 0 Å². The van der Waals surface area contributed by atoms with E-state index in [0.29, 0.717) is 11.3 Å². The SMILES string of the molecule is C[C@@H](O)c1ccc(-n2ccc(C(F)(F)F)n2)c(Cl)c1. The van der Waals surface area contributed by atoms with Gasteiger partial charge in [0.25, 0.3) is 0 Å². The van der Waals surface area contributed by atoms with Crippen molar-refractivity contribution in [2.45, 2.75) is 19.2 Å². The predicted octanol–water partition coefficient (Wildman–Crippen LogP) is 3.60. The Kier molecular flexibility index (Phi) is 3.56. The highest BCUT2D eigenvalue weighted by atomic mass is 35.5. The monoisotopic (exact) mass is 290 g/mol. The summed E-state index contributed by atoms with van der Waals surface area (Å²) >= 11 is 5.98. The van der Waals surface area contributed by atoms with Crippen LogP contribution in [-0.2, 0) is 6.18 Å². The van der Waals surface area contributed by atoms with Crippen molar-refractivity contribution in [1.29, 1.82) is 0 Å². The summed E-state index contributed by atoms with van der Waals surface area (Å²) in [5, 5.41) is 13.0. The lowest BCUT2D eigenvalue weighted by Gasteiger charge is -2.09. The van der Waals surface area contributed by atoms with Crippen LogP contribution in [0.5, 0.6) is 0 Å². The van der Waals surface area contributed by atoms with Crippen molar-refractivity contribution in [3.63, 3.8) is 0 Å². The molecule has 7 heteroatoms. The van der Waals surface area contributed by atoms with Gasteiger partial charge in [0.1, 0.15) is 0 Å². The molecule has 19 heavy (non-hydrogen) atoms. The molecule has 1 atom stereocenters. The van der Waals surface area contributed by atoms with Crippen molar-refractivity contribution in [2.75, 3.05) is 0 Å². The molecule has 0 radical (unpaired) electrons. The number of nitrogens with zero attached hydrogens (tertiary/aromatic N) is 2. The predicted molar refractivity (Wildman–Crippen MR) is 64.2 cm³/mol. The molecule has 0 bridgehead atoms. The first-order valence-electron chi connectivity index (χ1n) is 5.40. The van der Waals surface area contributed by atoms with Gasteiger partial charge in [0, 0.05) is 6.20 Å². The minimum atomic E-state index is -4.49. The van der Waals surface area contributed by atoms with E-state index in [1.54, 1.807) is 13.0 Å². The van der Waals surface area contributed by atoms with Crippen LogP contribution in [0.3, 0.4) is 0 Å². The van der Waals surface area contributed by atoms with E-state index < -0.39 is 18.0 Å². The Morgan fingerprint density at radius 1 is 1.32 bits per heavy atom. The number of aliphatic hydroxyl groups is 1. The summed E-state index contributed by atoms with van der Waals surface area (Å²) in [6.07, 6.45) is -4.00. The summed E-state index contributed by atoms with van der Waals surface area (Å²) in [4.78, 5) is 0. The molecule has 1 aromatic heterocycles. The van der Waals surface area contributed by atoms with Crippen molar-refractivity contribution in [3.8, 4) is 5.69 Å². The van der Waals surface area contributed by atoms with Crippen LogP contribution in [-0.4, -0.2) is 14.9 Å². The normalized spacial score (nSPS) is 13.6. The van der Waals surface area contributed by atoms with Crippen molar-refractivity contribution in [3.05, 3.63) is 46.7 Å². The molecule has 0 aliphatic heterocycles. The van der Waals surface area contributed by atoms with E-state index >= 15 is 0 Å². The van der Waals surface area contributed by atoms with Gasteiger partial charge in [0.2, 0.25) is 0 Å². The van der Waals surface area contributed by atoms with E-state index in [9.17, 15) is 18.3 Å². The minimum Gasteiger partial charge on any atom is -0.389 e. The fraction of sp³-hybridized carbons (Fsp3) is 0.250. The molecule has 2 rings (SSSR count). The highest BCUT2D eigenvalue weighted by Crippen LogP contribution is 2.29. The number of hydrogen-bond donors (Lipinski definition) is 1. The Bertz CT molecular complexity index is 593. The Morgan fingerprint density at radius 2 is 2.00 bits per heavy atom. The van der Waals surface area contributed by atoms with Gasteiger partial charge in [-0.3, -0.25) is 0 Å². The van der Waals surface area contributed by atoms with Crippen LogP contribution in [0.1, 0.15) is 24.3 Å². The standard InChI is InChI=1S/C12H10ClF3N2O/c1-7(19)8-2-3-10(9(13)6-8)18-5-4-11(17-18)12(14,15)16/h2-7,19H,1H3/t7-/m1/s1. The van der Waals surface area contributed by atoms with Gasteiger partial charge in [-0.05, 0) is 30.7 Å². The van der Waals surface area contributed by atoms with Gasteiger partial charge in [0.05, 0.1) is 16.8 Å². The van der Waals surface area contributed by atoms with Gasteiger partial charge < -0.3 is 5.11 Å². The zero-order chi connectivity index (χ0) is 14.2. The molecule has 0 unspecified atom stereocenters. The second-order valence-electron chi connectivity index (χ2n) is 4.03. The van der Waals surface area contributed by atoms with E-state index in [0.717, 1.165) is 10.7 Å². The largest absolute Gasteiger partial charge is 0.435 e. The second-order valence-corrected chi connectivity index (χ2v) is 4.44. The molecule has 0 saturated heterocycles. The Labute approximate surface area is 112 Å². The van der Waals surface area contributed by atoms with Gasteiger partial charge in [-0.25, -0.2) is 4.68 Å². The molecule has 102 valence electrons. The number of aliphatic hydroxyl groups excluding tert-OH is 1. The summed E-state index contributed by atoms with van der Waals surface area (Å²) in [5.41, 5.74) is -0.0818. The van der Waals surface area contributed by atoms with Crippen molar-refractivity contribution in [2.24, 2.45) is 0 Å². The van der Waals surface area contributed by atoms with Crippen LogP contribution in [0.15, 0.2) is 30.5 Å². The highest BCUT2D eigenvalue weighted by molar-refractivity contribution is 6.32. The van der Waals surface area contributed by atoms with Crippen LogP contribution >= 0.6 is 11.6 Å². The van der Waals surface area contributed by atoms with E-state index in [1.807, 2.05) is 0 Å². The summed E-state index contributed by atoms with van der Waals surface area (Å²) in [5.74, 6) is 0. The molecule has 1 N–H and O–H groups in total. The van der Waals surface area contributed by atoms with E-state index in [2.05, 4.69) is 5.10 Å². The Hall–Kier alpha value is -1.53. The van der Waals surface area contributed by atoms with Crippen LogP contribution in [0.4, 0.5) is 13.2 Å². The zero-order valence-corrected chi connectivity index (χ0v) is 10.6. The van der Waals surface area contributed by atoms with Gasteiger partial charge >= 0.3 is 6.18 Å². The fourth-order valence-electron chi connectivity index (χ4n) is 1.58. The molecule has 1 aromatic carbocycles. The fourth-order valence-corrected chi connectivity index (χ4v) is 1.85. The average molecular weight is 291 g/mol. The molecule has 0 fully saturated rings. The van der Waals surface area contributed by atoms with Crippen LogP contribution in [0.25, 0.3) is 5.69 Å². The maximum atomic E-state index is 12.4. The summed E-state index contributed by atoms with van der Waals surface area (Å²) in [7, 11) is 0. The smallest absolute Gasteiger partial charge is 0.389 e. The number of halogens is 4. The number of hydrogen-bond acceptors (Lipinski definition) is 2. The first-order chi connectivity index (χ1) is 8.79. The van der Waals surface area contributed by atoms with Crippen LogP contribution < -0.4 is 0 Å². The average Bonchev–Trinajstić information content (AvgIpc) is 2.77. The Morgan fingerprint density at radius 3 is 2.47 bits per heavy atom. The lowest BCUT2D eigenvalue weighted by atomic mass is 10.1. The van der Waals surface area contributed by atoms with E-state index in [4.69, 9.17) is 11.6 Å². The van der Waals surface area contributed by atoms with Crippen molar-refractivity contribution in [1.82, 2.24) is 9.78 Å². The van der Waals surface area contributed by atoms with E-state index in [1.165, 1.54) is 18.3 Å².